The standard InChI is InChI=1S/C19H23N3O3/c1-22(2)12-5-13-25-16-10-8-15(9-11-16)14-20-21-19(24)17-6-3-4-7-18(17)23/h3-4,6-11,14,23H,5,12-13H2,1-2H3,(H,21,24)/b20-14+. The Labute approximate surface area is 147 Å². The molecule has 0 saturated carbocycles. The monoisotopic (exact) mass is 341 g/mol. The Morgan fingerprint density at radius 3 is 2.60 bits per heavy atom. The van der Waals surface area contributed by atoms with Crippen molar-refractivity contribution in [3.05, 3.63) is 59.7 Å². The largest absolute Gasteiger partial charge is 0.507 e. The van der Waals surface area contributed by atoms with Gasteiger partial charge < -0.3 is 14.7 Å². The molecule has 0 heterocycles. The molecule has 0 fully saturated rings. The Morgan fingerprint density at radius 2 is 1.92 bits per heavy atom. The van der Waals surface area contributed by atoms with Gasteiger partial charge in [0.05, 0.1) is 18.4 Å². The minimum absolute atomic E-state index is 0.0778. The number of amides is 1. The van der Waals surface area contributed by atoms with E-state index in [2.05, 4.69) is 15.4 Å². The predicted molar refractivity (Wildman–Crippen MR) is 98.3 cm³/mol. The number of nitrogens with zero attached hydrogens (tertiary/aromatic N) is 2. The number of hydrogen-bond donors (Lipinski definition) is 2. The molecule has 6 nitrogen and oxygen atoms in total. The molecule has 2 N–H and O–H groups in total. The molecule has 0 aliphatic heterocycles. The number of carbonyl (C=O) groups is 1. The summed E-state index contributed by atoms with van der Waals surface area (Å²) >= 11 is 0. The highest BCUT2D eigenvalue weighted by atomic mass is 16.5. The van der Waals surface area contributed by atoms with Crippen molar-refractivity contribution in [2.75, 3.05) is 27.2 Å². The van der Waals surface area contributed by atoms with E-state index >= 15 is 0 Å². The molecule has 0 bridgehead atoms. The molecule has 0 unspecified atom stereocenters. The quantitative estimate of drug-likeness (QED) is 0.439. The van der Waals surface area contributed by atoms with Crippen LogP contribution in [-0.2, 0) is 0 Å². The van der Waals surface area contributed by atoms with Gasteiger partial charge in [0.2, 0.25) is 0 Å². The van der Waals surface area contributed by atoms with Crippen molar-refractivity contribution in [1.29, 1.82) is 0 Å². The van der Waals surface area contributed by atoms with Crippen LogP contribution >= 0.6 is 0 Å². The van der Waals surface area contributed by atoms with Gasteiger partial charge in [-0.25, -0.2) is 5.43 Å². The first-order chi connectivity index (χ1) is 12.1. The van der Waals surface area contributed by atoms with Crippen molar-refractivity contribution in [3.8, 4) is 11.5 Å². The molecular formula is C19H23N3O3. The Bertz CT molecular complexity index is 712. The summed E-state index contributed by atoms with van der Waals surface area (Å²) in [6.07, 6.45) is 2.50. The second-order valence-corrected chi connectivity index (χ2v) is 5.79. The van der Waals surface area contributed by atoms with Gasteiger partial charge in [-0.05, 0) is 62.5 Å². The maximum absolute atomic E-state index is 11.9. The Morgan fingerprint density at radius 1 is 1.20 bits per heavy atom. The predicted octanol–water partition coefficient (Wildman–Crippen LogP) is 2.49. The molecule has 0 atom stereocenters. The molecule has 6 heteroatoms. The maximum Gasteiger partial charge on any atom is 0.275 e. The van der Waals surface area contributed by atoms with Gasteiger partial charge >= 0.3 is 0 Å². The molecule has 0 aromatic heterocycles. The summed E-state index contributed by atoms with van der Waals surface area (Å²) < 4.78 is 5.66. The first kappa shape index (κ1) is 18.5. The smallest absolute Gasteiger partial charge is 0.275 e. The molecule has 0 aliphatic carbocycles. The van der Waals surface area contributed by atoms with Gasteiger partial charge in [0.25, 0.3) is 5.91 Å². The second-order valence-electron chi connectivity index (χ2n) is 5.79. The van der Waals surface area contributed by atoms with Gasteiger partial charge in [0.1, 0.15) is 11.5 Å². The minimum atomic E-state index is -0.463. The average molecular weight is 341 g/mol. The van der Waals surface area contributed by atoms with Crippen LogP contribution in [-0.4, -0.2) is 49.4 Å². The zero-order valence-electron chi connectivity index (χ0n) is 14.5. The van der Waals surface area contributed by atoms with E-state index in [1.165, 1.54) is 18.3 Å². The number of benzene rings is 2. The third-order valence-corrected chi connectivity index (χ3v) is 3.43. The number of hydrazone groups is 1. The van der Waals surface area contributed by atoms with Crippen LogP contribution in [0.2, 0.25) is 0 Å². The molecule has 132 valence electrons. The Kier molecular flexibility index (Phi) is 6.98. The van der Waals surface area contributed by atoms with Crippen LogP contribution in [0.1, 0.15) is 22.3 Å². The first-order valence-electron chi connectivity index (χ1n) is 8.05. The zero-order valence-corrected chi connectivity index (χ0v) is 14.5. The molecule has 2 rings (SSSR count). The van der Waals surface area contributed by atoms with E-state index in [4.69, 9.17) is 4.74 Å². The van der Waals surface area contributed by atoms with Crippen molar-refractivity contribution in [2.24, 2.45) is 5.10 Å². The molecule has 0 spiro atoms. The number of para-hydroxylation sites is 1. The fourth-order valence-corrected chi connectivity index (χ4v) is 2.11. The maximum atomic E-state index is 11.9. The fraction of sp³-hybridized carbons (Fsp3) is 0.263. The van der Waals surface area contributed by atoms with Crippen LogP contribution < -0.4 is 10.2 Å². The summed E-state index contributed by atoms with van der Waals surface area (Å²) in [5, 5.41) is 13.5. The summed E-state index contributed by atoms with van der Waals surface area (Å²) in [5.74, 6) is 0.260. The summed E-state index contributed by atoms with van der Waals surface area (Å²) in [6.45, 7) is 1.66. The highest BCUT2D eigenvalue weighted by Crippen LogP contribution is 2.15. The Hall–Kier alpha value is -2.86. The molecule has 2 aromatic carbocycles. The number of nitrogens with one attached hydrogen (secondary N) is 1. The van der Waals surface area contributed by atoms with Gasteiger partial charge in [0, 0.05) is 6.54 Å². The number of carbonyl (C=O) groups excluding carboxylic acids is 1. The highest BCUT2D eigenvalue weighted by Gasteiger charge is 2.08. The number of aromatic hydroxyl groups is 1. The summed E-state index contributed by atoms with van der Waals surface area (Å²) in [5.41, 5.74) is 3.40. The third-order valence-electron chi connectivity index (χ3n) is 3.43. The van der Waals surface area contributed by atoms with Crippen molar-refractivity contribution < 1.29 is 14.6 Å². The normalized spacial score (nSPS) is 11.0. The molecular weight excluding hydrogens is 318 g/mol. The van der Waals surface area contributed by atoms with Gasteiger partial charge in [-0.2, -0.15) is 5.10 Å². The van der Waals surface area contributed by atoms with E-state index in [-0.39, 0.29) is 11.3 Å². The number of phenols is 1. The number of hydrogen-bond acceptors (Lipinski definition) is 5. The van der Waals surface area contributed by atoms with Crippen molar-refractivity contribution in [2.45, 2.75) is 6.42 Å². The van der Waals surface area contributed by atoms with E-state index < -0.39 is 5.91 Å². The van der Waals surface area contributed by atoms with Gasteiger partial charge in [0.15, 0.2) is 0 Å². The molecule has 1 amide bonds. The molecule has 0 saturated heterocycles. The number of rotatable bonds is 8. The van der Waals surface area contributed by atoms with E-state index in [0.29, 0.717) is 6.61 Å². The van der Waals surface area contributed by atoms with Gasteiger partial charge in [-0.3, -0.25) is 4.79 Å². The average Bonchev–Trinajstić information content (AvgIpc) is 2.60. The van der Waals surface area contributed by atoms with Crippen LogP contribution in [0, 0.1) is 0 Å². The lowest BCUT2D eigenvalue weighted by atomic mass is 10.2. The fourth-order valence-electron chi connectivity index (χ4n) is 2.11. The molecule has 0 radical (unpaired) electrons. The number of phenolic OH excluding ortho intramolecular Hbond substituents is 1. The SMILES string of the molecule is CN(C)CCCOc1ccc(/C=N/NC(=O)c2ccccc2O)cc1. The molecule has 2 aromatic rings. The highest BCUT2D eigenvalue weighted by molar-refractivity contribution is 5.97. The van der Waals surface area contributed by atoms with Crippen molar-refractivity contribution in [3.63, 3.8) is 0 Å². The lowest BCUT2D eigenvalue weighted by Crippen LogP contribution is -2.17. The minimum Gasteiger partial charge on any atom is -0.507 e. The molecule has 0 aliphatic rings. The third kappa shape index (κ3) is 6.27. The summed E-state index contributed by atoms with van der Waals surface area (Å²) in [7, 11) is 4.07. The van der Waals surface area contributed by atoms with E-state index in [0.717, 1.165) is 24.3 Å². The van der Waals surface area contributed by atoms with Crippen LogP contribution in [0.5, 0.6) is 11.5 Å². The van der Waals surface area contributed by atoms with Crippen LogP contribution in [0.15, 0.2) is 53.6 Å². The topological polar surface area (TPSA) is 74.2 Å². The van der Waals surface area contributed by atoms with E-state index in [1.807, 2.05) is 38.4 Å². The summed E-state index contributed by atoms with van der Waals surface area (Å²) in [6, 6.07) is 13.8. The van der Waals surface area contributed by atoms with Crippen molar-refractivity contribution in [1.82, 2.24) is 10.3 Å². The number of ether oxygens (including phenoxy) is 1. The lowest BCUT2D eigenvalue weighted by molar-refractivity contribution is 0.0952. The van der Waals surface area contributed by atoms with Crippen molar-refractivity contribution >= 4 is 12.1 Å². The Balaban J connectivity index is 1.81. The van der Waals surface area contributed by atoms with E-state index in [9.17, 15) is 9.90 Å². The van der Waals surface area contributed by atoms with Gasteiger partial charge in [-0.1, -0.05) is 12.1 Å². The van der Waals surface area contributed by atoms with Gasteiger partial charge in [-0.15, -0.1) is 0 Å². The lowest BCUT2D eigenvalue weighted by Gasteiger charge is -2.10. The van der Waals surface area contributed by atoms with Crippen LogP contribution in [0.4, 0.5) is 0 Å². The van der Waals surface area contributed by atoms with E-state index in [1.54, 1.807) is 12.1 Å². The van der Waals surface area contributed by atoms with Crippen LogP contribution in [0.3, 0.4) is 0 Å². The molecule has 25 heavy (non-hydrogen) atoms. The second kappa shape index (κ2) is 9.44. The first-order valence-corrected chi connectivity index (χ1v) is 8.05. The zero-order chi connectivity index (χ0) is 18.1. The van der Waals surface area contributed by atoms with Crippen LogP contribution in [0.25, 0.3) is 0 Å². The summed E-state index contributed by atoms with van der Waals surface area (Å²) in [4.78, 5) is 14.0.